The van der Waals surface area contributed by atoms with Crippen LogP contribution in [0.4, 0.5) is 10.5 Å². The van der Waals surface area contributed by atoms with Crippen LogP contribution in [0.5, 0.6) is 0 Å². The third kappa shape index (κ3) is 3.40. The van der Waals surface area contributed by atoms with Gasteiger partial charge in [0.25, 0.3) is 5.56 Å². The maximum absolute atomic E-state index is 12.8. The summed E-state index contributed by atoms with van der Waals surface area (Å²) in [5.74, 6) is 2.56. The van der Waals surface area contributed by atoms with Crippen LogP contribution in [0, 0.1) is 24.7 Å². The number of hydrogen-bond donors (Lipinski definition) is 2. The van der Waals surface area contributed by atoms with Gasteiger partial charge in [0.05, 0.1) is 11.4 Å². The first-order valence-electron chi connectivity index (χ1n) is 9.93. The van der Waals surface area contributed by atoms with Gasteiger partial charge in [0.1, 0.15) is 5.69 Å². The van der Waals surface area contributed by atoms with Crippen LogP contribution in [0.3, 0.4) is 0 Å². The molecule has 2 aliphatic carbocycles. The van der Waals surface area contributed by atoms with Crippen LogP contribution in [0.15, 0.2) is 35.1 Å². The van der Waals surface area contributed by atoms with Crippen molar-refractivity contribution in [1.29, 1.82) is 0 Å². The highest BCUT2D eigenvalue weighted by atomic mass is 16.2. The van der Waals surface area contributed by atoms with Crippen LogP contribution >= 0.6 is 0 Å². The topological polar surface area (TPSA) is 68.1 Å². The Morgan fingerprint density at radius 3 is 2.63 bits per heavy atom. The number of carbonyl (C=O) groups is 1. The van der Waals surface area contributed by atoms with E-state index in [1.165, 1.54) is 25.7 Å². The fourth-order valence-corrected chi connectivity index (χ4v) is 4.97. The molecule has 1 aromatic heterocycles. The lowest BCUT2D eigenvalue weighted by molar-refractivity contribution is 0.249. The van der Waals surface area contributed by atoms with Crippen molar-refractivity contribution in [3.05, 3.63) is 46.4 Å². The first kappa shape index (κ1) is 17.9. The van der Waals surface area contributed by atoms with E-state index in [4.69, 9.17) is 0 Å². The molecule has 2 aromatic rings. The van der Waals surface area contributed by atoms with Crippen LogP contribution in [0.1, 0.15) is 37.8 Å². The number of aromatic nitrogens is 2. The lowest BCUT2D eigenvalue weighted by atomic mass is 9.86. The second-order valence-electron chi connectivity index (χ2n) is 8.04. The number of urea groups is 1. The molecule has 2 saturated carbocycles. The average Bonchev–Trinajstić information content (AvgIpc) is 3.34. The summed E-state index contributed by atoms with van der Waals surface area (Å²) in [7, 11) is 1.82. The van der Waals surface area contributed by atoms with Crippen molar-refractivity contribution in [3.8, 4) is 5.69 Å². The average molecular weight is 368 g/mol. The van der Waals surface area contributed by atoms with E-state index in [0.29, 0.717) is 12.2 Å². The lowest BCUT2D eigenvalue weighted by Crippen LogP contribution is -2.33. The van der Waals surface area contributed by atoms with Crippen molar-refractivity contribution in [2.45, 2.75) is 39.0 Å². The number of nitrogens with one attached hydrogen (secondary N) is 2. The molecular formula is C21H28N4O2. The Labute approximate surface area is 159 Å². The number of carbonyl (C=O) groups excluding carboxylic acids is 1. The second kappa shape index (κ2) is 7.25. The van der Waals surface area contributed by atoms with Crippen LogP contribution in [-0.2, 0) is 7.05 Å². The molecule has 27 heavy (non-hydrogen) atoms. The maximum Gasteiger partial charge on any atom is 0.319 e. The van der Waals surface area contributed by atoms with E-state index in [0.717, 1.165) is 35.6 Å². The smallest absolute Gasteiger partial charge is 0.319 e. The highest BCUT2D eigenvalue weighted by molar-refractivity contribution is 5.89. The van der Waals surface area contributed by atoms with Crippen LogP contribution in [-0.4, -0.2) is 21.9 Å². The van der Waals surface area contributed by atoms with Crippen LogP contribution in [0.25, 0.3) is 5.69 Å². The Balaban J connectivity index is 1.39. The predicted octanol–water partition coefficient (Wildman–Crippen LogP) is 3.43. The van der Waals surface area contributed by atoms with Crippen molar-refractivity contribution in [1.82, 2.24) is 14.7 Å². The molecule has 144 valence electrons. The van der Waals surface area contributed by atoms with E-state index in [1.54, 1.807) is 9.36 Å². The quantitative estimate of drug-likeness (QED) is 0.849. The van der Waals surface area contributed by atoms with Crippen LogP contribution < -0.4 is 16.2 Å². The van der Waals surface area contributed by atoms with Gasteiger partial charge in [-0.25, -0.2) is 9.48 Å². The summed E-state index contributed by atoms with van der Waals surface area (Å²) >= 11 is 0. The van der Waals surface area contributed by atoms with E-state index >= 15 is 0 Å². The van der Waals surface area contributed by atoms with E-state index < -0.39 is 0 Å². The first-order valence-corrected chi connectivity index (χ1v) is 9.93. The molecule has 1 heterocycles. The fraction of sp³-hybridized carbons (Fsp3) is 0.524. The maximum atomic E-state index is 12.8. The summed E-state index contributed by atoms with van der Waals surface area (Å²) in [6.07, 6.45) is 6.52. The third-order valence-corrected chi connectivity index (χ3v) is 6.48. The molecule has 0 saturated heterocycles. The summed E-state index contributed by atoms with van der Waals surface area (Å²) < 4.78 is 3.34. The van der Waals surface area contributed by atoms with Crippen molar-refractivity contribution in [2.24, 2.45) is 24.8 Å². The Kier molecular flexibility index (Phi) is 4.81. The number of hydrogen-bond acceptors (Lipinski definition) is 2. The number of rotatable bonds is 5. The number of para-hydroxylation sites is 1. The summed E-state index contributed by atoms with van der Waals surface area (Å²) in [5, 5.41) is 5.70. The van der Waals surface area contributed by atoms with Gasteiger partial charge in [-0.1, -0.05) is 24.6 Å². The Bertz CT molecular complexity index is 884. The molecule has 3 atom stereocenters. The van der Waals surface area contributed by atoms with Crippen LogP contribution in [0.2, 0.25) is 0 Å². The van der Waals surface area contributed by atoms with E-state index in [1.807, 2.05) is 44.3 Å². The summed E-state index contributed by atoms with van der Waals surface area (Å²) in [6.45, 7) is 2.50. The van der Waals surface area contributed by atoms with Crippen molar-refractivity contribution in [2.75, 3.05) is 11.9 Å². The normalized spacial score (nSPS) is 23.6. The van der Waals surface area contributed by atoms with Gasteiger partial charge in [-0.2, -0.15) is 0 Å². The number of fused-ring (bicyclic) bond motifs is 2. The minimum atomic E-state index is -0.302. The molecule has 4 rings (SSSR count). The lowest BCUT2D eigenvalue weighted by Gasteiger charge is -2.21. The molecule has 2 bridgehead atoms. The molecule has 0 unspecified atom stereocenters. The van der Waals surface area contributed by atoms with Gasteiger partial charge in [0, 0.05) is 13.6 Å². The zero-order valence-corrected chi connectivity index (χ0v) is 16.1. The fourth-order valence-electron chi connectivity index (χ4n) is 4.97. The van der Waals surface area contributed by atoms with Gasteiger partial charge in [-0.05, 0) is 62.5 Å². The minimum Gasteiger partial charge on any atom is -0.338 e. The molecule has 2 N–H and O–H groups in total. The summed E-state index contributed by atoms with van der Waals surface area (Å²) in [4.78, 5) is 25.1. The molecule has 0 spiro atoms. The molecule has 1 aromatic carbocycles. The first-order chi connectivity index (χ1) is 13.0. The van der Waals surface area contributed by atoms with Crippen molar-refractivity contribution < 1.29 is 4.79 Å². The molecular weight excluding hydrogens is 340 g/mol. The van der Waals surface area contributed by atoms with Gasteiger partial charge in [0.15, 0.2) is 0 Å². The second-order valence-corrected chi connectivity index (χ2v) is 8.04. The molecule has 2 fully saturated rings. The van der Waals surface area contributed by atoms with Gasteiger partial charge < -0.3 is 10.6 Å². The number of benzene rings is 1. The number of anilines is 1. The predicted molar refractivity (Wildman–Crippen MR) is 106 cm³/mol. The molecule has 6 nitrogen and oxygen atoms in total. The zero-order chi connectivity index (χ0) is 19.0. The van der Waals surface area contributed by atoms with E-state index in [9.17, 15) is 9.59 Å². The Hall–Kier alpha value is -2.50. The SMILES string of the molecule is Cc1c(NC(=O)NCC[C@H]2C[C@H]3CC[C@H]2C3)c(=O)n(-c2ccccc2)n1C. The zero-order valence-electron chi connectivity index (χ0n) is 16.1. The number of nitrogens with zero attached hydrogens (tertiary/aromatic N) is 2. The van der Waals surface area contributed by atoms with Gasteiger partial charge >= 0.3 is 6.03 Å². The third-order valence-electron chi connectivity index (χ3n) is 6.48. The molecule has 0 radical (unpaired) electrons. The number of amides is 2. The van der Waals surface area contributed by atoms with E-state index in [2.05, 4.69) is 10.6 Å². The van der Waals surface area contributed by atoms with Crippen molar-refractivity contribution >= 4 is 11.7 Å². The standard InChI is InChI=1S/C21H28N4O2/c1-14-19(20(26)25(24(14)2)18-6-4-3-5-7-18)23-21(27)22-11-10-17-13-15-8-9-16(17)12-15/h3-7,15-17H,8-13H2,1-2H3,(H2,22,23,27)/t15-,16-,17-/m0/s1. The largest absolute Gasteiger partial charge is 0.338 e. The minimum absolute atomic E-state index is 0.218. The van der Waals surface area contributed by atoms with Gasteiger partial charge in [0.2, 0.25) is 0 Å². The molecule has 6 heteroatoms. The van der Waals surface area contributed by atoms with Gasteiger partial charge in [-0.3, -0.25) is 9.48 Å². The molecule has 0 aliphatic heterocycles. The highest BCUT2D eigenvalue weighted by Crippen LogP contribution is 2.49. The van der Waals surface area contributed by atoms with Crippen molar-refractivity contribution in [3.63, 3.8) is 0 Å². The molecule has 2 aliphatic rings. The Morgan fingerprint density at radius 2 is 1.96 bits per heavy atom. The van der Waals surface area contributed by atoms with E-state index in [-0.39, 0.29) is 11.6 Å². The summed E-state index contributed by atoms with van der Waals surface area (Å²) in [5.41, 5.74) is 1.62. The molecule has 2 amide bonds. The Morgan fingerprint density at radius 1 is 1.19 bits per heavy atom. The highest BCUT2D eigenvalue weighted by Gasteiger charge is 2.38. The van der Waals surface area contributed by atoms with Gasteiger partial charge in [-0.15, -0.1) is 0 Å². The monoisotopic (exact) mass is 368 g/mol. The summed E-state index contributed by atoms with van der Waals surface area (Å²) in [6, 6.07) is 9.14.